The summed E-state index contributed by atoms with van der Waals surface area (Å²) in [4.78, 5) is 37.1. The molecule has 2 atom stereocenters. The number of aliphatic carboxylic acids is 1. The minimum absolute atomic E-state index is 0.0403. The lowest BCUT2D eigenvalue weighted by atomic mass is 10.1. The van der Waals surface area contributed by atoms with Crippen LogP contribution in [0.5, 0.6) is 0 Å². The molecule has 0 saturated heterocycles. The van der Waals surface area contributed by atoms with Crippen LogP contribution in [-0.2, 0) is 28.6 Å². The van der Waals surface area contributed by atoms with Gasteiger partial charge >= 0.3 is 17.9 Å². The lowest BCUT2D eigenvalue weighted by Gasteiger charge is -2.31. The summed E-state index contributed by atoms with van der Waals surface area (Å²) in [5.41, 5.74) is 0. The molecule has 0 aliphatic carbocycles. The van der Waals surface area contributed by atoms with E-state index in [1.165, 1.54) is 109 Å². The summed E-state index contributed by atoms with van der Waals surface area (Å²) in [7, 11) is 5.51. The normalized spacial score (nSPS) is 13.5. The Kier molecular flexibility index (Phi) is 43.0. The lowest BCUT2D eigenvalue weighted by molar-refractivity contribution is -0.887. The van der Waals surface area contributed by atoms with Crippen LogP contribution >= 0.6 is 0 Å². The molecule has 0 aliphatic heterocycles. The number of carbonyl (C=O) groups excluding carboxylic acids is 2. The van der Waals surface area contributed by atoms with Gasteiger partial charge in [0, 0.05) is 19.3 Å². The van der Waals surface area contributed by atoms with Crippen LogP contribution in [-0.4, -0.2) is 80.6 Å². The Morgan fingerprint density at radius 1 is 0.476 bits per heavy atom. The Balaban J connectivity index is 4.34. The van der Waals surface area contributed by atoms with Gasteiger partial charge in [0.2, 0.25) is 0 Å². The molecule has 0 saturated carbocycles. The van der Waals surface area contributed by atoms with Crippen LogP contribution in [0.25, 0.3) is 0 Å². The standard InChI is InChI=1S/C55H95NO7/c1-6-8-10-12-14-16-18-20-22-24-25-26-27-28-30-32-34-36-38-40-42-44-46-54(58)63-51(49-61-48-47-52(55(59)60)56(3,4)5)50-62-53(57)45-43-41-39-37-35-33-31-29-23-21-19-17-15-13-11-9-7-2/h14,16,20-23,25-26,31,33,37,39,51-52H,6-13,15,17-19,24,27-30,32,34-36,38,40-50H2,1-5H3/p+1/b16-14+,22-20+,23-21+,26-25+,33-31+,39-37+. The average molecular weight is 883 g/mol. The van der Waals surface area contributed by atoms with Crippen molar-refractivity contribution in [2.24, 2.45) is 0 Å². The molecular weight excluding hydrogens is 787 g/mol. The van der Waals surface area contributed by atoms with Crippen molar-refractivity contribution in [3.8, 4) is 0 Å². The molecule has 0 bridgehead atoms. The number of unbranched alkanes of at least 4 members (excludes halogenated alkanes) is 19. The van der Waals surface area contributed by atoms with Crippen molar-refractivity contribution in [1.82, 2.24) is 0 Å². The quantitative estimate of drug-likeness (QED) is 0.0281. The highest BCUT2D eigenvalue weighted by molar-refractivity contribution is 5.72. The molecule has 362 valence electrons. The first-order valence-electron chi connectivity index (χ1n) is 25.5. The molecular formula is C55H96NO7+. The van der Waals surface area contributed by atoms with Crippen LogP contribution in [0.1, 0.15) is 206 Å². The van der Waals surface area contributed by atoms with Crippen molar-refractivity contribution in [2.75, 3.05) is 41.0 Å². The summed E-state index contributed by atoms with van der Waals surface area (Å²) in [6.45, 7) is 4.65. The SMILES string of the molecule is CCCCC/C=C/C/C=C/C/C=C/CCCCCCCCCCCC(=O)OC(COCCC(C(=O)O)[N+](C)(C)C)COC(=O)CCC/C=C/C/C=C/C/C=C/CCCCCCCC. The Labute approximate surface area is 387 Å². The Bertz CT molecular complexity index is 1260. The fourth-order valence-corrected chi connectivity index (χ4v) is 7.11. The molecule has 2 unspecified atom stereocenters. The van der Waals surface area contributed by atoms with Crippen LogP contribution in [0.2, 0.25) is 0 Å². The number of carboxylic acids is 1. The monoisotopic (exact) mass is 883 g/mol. The predicted octanol–water partition coefficient (Wildman–Crippen LogP) is 14.7. The molecule has 0 amide bonds. The van der Waals surface area contributed by atoms with Gasteiger partial charge in [0.25, 0.3) is 0 Å². The van der Waals surface area contributed by atoms with Gasteiger partial charge in [-0.2, -0.15) is 0 Å². The van der Waals surface area contributed by atoms with Gasteiger partial charge in [0.1, 0.15) is 6.61 Å². The van der Waals surface area contributed by atoms with E-state index in [0.29, 0.717) is 19.3 Å². The second-order valence-electron chi connectivity index (χ2n) is 18.1. The van der Waals surface area contributed by atoms with Gasteiger partial charge in [-0.1, -0.05) is 177 Å². The number of rotatable bonds is 45. The highest BCUT2D eigenvalue weighted by Gasteiger charge is 2.31. The summed E-state index contributed by atoms with van der Waals surface area (Å²) >= 11 is 0. The lowest BCUT2D eigenvalue weighted by Crippen LogP contribution is -2.50. The first kappa shape index (κ1) is 59.8. The van der Waals surface area contributed by atoms with Crippen LogP contribution in [0.15, 0.2) is 72.9 Å². The van der Waals surface area contributed by atoms with E-state index >= 15 is 0 Å². The molecule has 0 radical (unpaired) electrons. The summed E-state index contributed by atoms with van der Waals surface area (Å²) in [5, 5.41) is 9.65. The molecule has 63 heavy (non-hydrogen) atoms. The number of esters is 2. The van der Waals surface area contributed by atoms with Crippen molar-refractivity contribution in [2.45, 2.75) is 219 Å². The molecule has 0 aliphatic rings. The second kappa shape index (κ2) is 45.3. The van der Waals surface area contributed by atoms with Gasteiger partial charge < -0.3 is 23.8 Å². The Hall–Kier alpha value is -3.23. The average Bonchev–Trinajstić information content (AvgIpc) is 3.24. The molecule has 1 N–H and O–H groups in total. The highest BCUT2D eigenvalue weighted by atomic mass is 16.6. The maximum Gasteiger partial charge on any atom is 0.362 e. The zero-order chi connectivity index (χ0) is 46.3. The van der Waals surface area contributed by atoms with Crippen LogP contribution in [0, 0.1) is 0 Å². The van der Waals surface area contributed by atoms with E-state index < -0.39 is 18.1 Å². The number of nitrogens with zero attached hydrogens (tertiary/aromatic N) is 1. The summed E-state index contributed by atoms with van der Waals surface area (Å²) in [6.07, 6.45) is 58.1. The van der Waals surface area contributed by atoms with Crippen LogP contribution < -0.4 is 0 Å². The number of likely N-dealkylation sites (N-methyl/N-ethyl adjacent to an activating group) is 1. The van der Waals surface area contributed by atoms with Crippen LogP contribution in [0.4, 0.5) is 0 Å². The topological polar surface area (TPSA) is 99.1 Å². The van der Waals surface area contributed by atoms with E-state index in [1.54, 1.807) is 0 Å². The number of quaternary nitrogens is 1. The molecule has 0 fully saturated rings. The van der Waals surface area contributed by atoms with E-state index in [1.807, 2.05) is 21.1 Å². The van der Waals surface area contributed by atoms with Gasteiger partial charge in [-0.3, -0.25) is 9.59 Å². The van der Waals surface area contributed by atoms with E-state index in [4.69, 9.17) is 14.2 Å². The van der Waals surface area contributed by atoms with E-state index in [9.17, 15) is 19.5 Å². The van der Waals surface area contributed by atoms with Crippen molar-refractivity contribution in [3.05, 3.63) is 72.9 Å². The van der Waals surface area contributed by atoms with E-state index in [0.717, 1.165) is 57.8 Å². The minimum Gasteiger partial charge on any atom is -0.477 e. The Morgan fingerprint density at radius 3 is 1.32 bits per heavy atom. The molecule has 8 nitrogen and oxygen atoms in total. The van der Waals surface area contributed by atoms with E-state index in [2.05, 4.69) is 86.8 Å². The van der Waals surface area contributed by atoms with Gasteiger partial charge in [-0.15, -0.1) is 0 Å². The molecule has 0 heterocycles. The molecule has 0 aromatic heterocycles. The zero-order valence-corrected chi connectivity index (χ0v) is 41.3. The Morgan fingerprint density at radius 2 is 0.857 bits per heavy atom. The number of carboxylic acid groups (broad SMARTS) is 1. The predicted molar refractivity (Wildman–Crippen MR) is 266 cm³/mol. The van der Waals surface area contributed by atoms with Crippen molar-refractivity contribution in [1.29, 1.82) is 0 Å². The summed E-state index contributed by atoms with van der Waals surface area (Å²) in [6, 6.07) is -0.626. The largest absolute Gasteiger partial charge is 0.477 e. The van der Waals surface area contributed by atoms with Crippen LogP contribution in [0.3, 0.4) is 0 Å². The molecule has 8 heteroatoms. The van der Waals surface area contributed by atoms with Crippen molar-refractivity contribution in [3.63, 3.8) is 0 Å². The highest BCUT2D eigenvalue weighted by Crippen LogP contribution is 2.14. The summed E-state index contributed by atoms with van der Waals surface area (Å²) in [5.74, 6) is -1.54. The fourth-order valence-electron chi connectivity index (χ4n) is 7.11. The van der Waals surface area contributed by atoms with E-state index in [-0.39, 0.29) is 42.7 Å². The second-order valence-corrected chi connectivity index (χ2v) is 18.1. The number of allylic oxidation sites excluding steroid dienone is 12. The maximum absolute atomic E-state index is 12.8. The van der Waals surface area contributed by atoms with Crippen molar-refractivity contribution < 1.29 is 38.2 Å². The number of hydrogen-bond acceptors (Lipinski definition) is 6. The first-order chi connectivity index (χ1) is 30.6. The van der Waals surface area contributed by atoms with Gasteiger partial charge in [0.05, 0.1) is 34.4 Å². The van der Waals surface area contributed by atoms with Gasteiger partial charge in [0.15, 0.2) is 12.1 Å². The molecule has 0 aromatic rings. The minimum atomic E-state index is -0.884. The van der Waals surface area contributed by atoms with Gasteiger partial charge in [-0.25, -0.2) is 4.79 Å². The fraction of sp³-hybridized carbons (Fsp3) is 0.727. The maximum atomic E-state index is 12.8. The molecule has 0 spiro atoms. The molecule has 0 rings (SSSR count). The summed E-state index contributed by atoms with van der Waals surface area (Å²) < 4.78 is 17.3. The number of ether oxygens (including phenoxy) is 3. The number of carbonyl (C=O) groups is 3. The number of hydrogen-bond donors (Lipinski definition) is 1. The third-order valence-corrected chi connectivity index (χ3v) is 11.1. The first-order valence-corrected chi connectivity index (χ1v) is 25.5. The zero-order valence-electron chi connectivity index (χ0n) is 41.3. The molecule has 0 aromatic carbocycles. The third kappa shape index (κ3) is 43.8. The smallest absolute Gasteiger partial charge is 0.362 e. The van der Waals surface area contributed by atoms with Gasteiger partial charge in [-0.05, 0) is 83.5 Å². The van der Waals surface area contributed by atoms with Crippen molar-refractivity contribution >= 4 is 17.9 Å². The third-order valence-electron chi connectivity index (χ3n) is 11.1.